The number of carbonyl (C=O) groups excluding carboxylic acids is 3. The Kier molecular flexibility index (Phi) is 7.19. The Morgan fingerprint density at radius 2 is 1.90 bits per heavy atom. The minimum Gasteiger partial charge on any atom is -0.486 e. The van der Waals surface area contributed by atoms with Crippen molar-refractivity contribution in [3.63, 3.8) is 0 Å². The first kappa shape index (κ1) is 27.2. The standard InChI is InChI=1S/C28H25F2N7O5/c1-15(38)26-18-12-17(41-14-23-31-8-3-9-32-23)6-7-19(18)36(35-26)13-25(39)37-20-10-16(20)11-21(37)27(40)34-22-4-2-5-24(33-22)42-28(29)30/h2-9,12,16,20-21,28H,10-11,13-14H2,1H3,(H,33,34,40)/t16-,20-,21+/m1/s1. The van der Waals surface area contributed by atoms with Gasteiger partial charge in [0.05, 0.1) is 5.52 Å². The van der Waals surface area contributed by atoms with Gasteiger partial charge in [0, 0.05) is 36.8 Å². The second kappa shape index (κ2) is 11.1. The fraction of sp³-hybridized carbons (Fsp3) is 0.321. The summed E-state index contributed by atoms with van der Waals surface area (Å²) in [5.41, 5.74) is 0.751. The number of halogens is 2. The molecule has 0 bridgehead atoms. The molecule has 6 rings (SSSR count). The van der Waals surface area contributed by atoms with E-state index in [4.69, 9.17) is 4.74 Å². The number of piperidine rings is 1. The van der Waals surface area contributed by atoms with Gasteiger partial charge in [0.2, 0.25) is 17.7 Å². The number of pyridine rings is 1. The molecule has 2 fully saturated rings. The highest BCUT2D eigenvalue weighted by atomic mass is 19.3. The highest BCUT2D eigenvalue weighted by Gasteiger charge is 2.56. The number of rotatable bonds is 10. The maximum absolute atomic E-state index is 13.6. The lowest BCUT2D eigenvalue weighted by Crippen LogP contribution is -2.46. The number of benzene rings is 1. The summed E-state index contributed by atoms with van der Waals surface area (Å²) >= 11 is 0. The zero-order valence-corrected chi connectivity index (χ0v) is 22.3. The van der Waals surface area contributed by atoms with Gasteiger partial charge in [-0.05, 0) is 49.1 Å². The van der Waals surface area contributed by atoms with Crippen molar-refractivity contribution in [3.8, 4) is 11.6 Å². The molecule has 3 aromatic heterocycles. The highest BCUT2D eigenvalue weighted by molar-refractivity contribution is 6.05. The average molecular weight is 578 g/mol. The van der Waals surface area contributed by atoms with Gasteiger partial charge in [-0.1, -0.05) is 6.07 Å². The van der Waals surface area contributed by atoms with Crippen molar-refractivity contribution < 1.29 is 32.6 Å². The quantitative estimate of drug-likeness (QED) is 0.281. The number of Topliss-reactive ketones (excluding diaryl/α,β-unsaturated/α-hetero) is 1. The normalized spacial score (nSPS) is 19.0. The fourth-order valence-corrected chi connectivity index (χ4v) is 5.29. The second-order valence-corrected chi connectivity index (χ2v) is 10.0. The lowest BCUT2D eigenvalue weighted by atomic mass is 10.1. The van der Waals surface area contributed by atoms with Crippen LogP contribution in [0.4, 0.5) is 14.6 Å². The molecule has 0 radical (unpaired) electrons. The van der Waals surface area contributed by atoms with E-state index in [2.05, 4.69) is 30.1 Å². The lowest BCUT2D eigenvalue weighted by Gasteiger charge is -2.27. The zero-order valence-electron chi connectivity index (χ0n) is 22.3. The SMILES string of the molecule is CC(=O)c1nn(CC(=O)N2[C@@H]3C[C@@H]3C[C@H]2C(=O)Nc2cccc(OC(F)F)n2)c2ccc(OCc3ncccn3)cc12. The Hall–Kier alpha value is -5.01. The van der Waals surface area contributed by atoms with E-state index in [-0.39, 0.29) is 54.2 Å². The molecule has 3 atom stereocenters. The molecule has 1 aromatic carbocycles. The van der Waals surface area contributed by atoms with Gasteiger partial charge in [-0.25, -0.2) is 9.97 Å². The number of nitrogens with zero attached hydrogens (tertiary/aromatic N) is 6. The molecule has 14 heteroatoms. The number of aromatic nitrogens is 5. The van der Waals surface area contributed by atoms with E-state index >= 15 is 0 Å². The van der Waals surface area contributed by atoms with E-state index in [1.807, 2.05) is 0 Å². The summed E-state index contributed by atoms with van der Waals surface area (Å²) in [4.78, 5) is 52.9. The molecule has 0 unspecified atom stereocenters. The van der Waals surface area contributed by atoms with E-state index in [1.54, 1.807) is 41.6 Å². The largest absolute Gasteiger partial charge is 0.486 e. The van der Waals surface area contributed by atoms with Crippen molar-refractivity contribution in [3.05, 3.63) is 66.4 Å². The van der Waals surface area contributed by atoms with Crippen molar-refractivity contribution in [1.29, 1.82) is 0 Å². The van der Waals surface area contributed by atoms with Crippen LogP contribution in [-0.4, -0.2) is 65.9 Å². The van der Waals surface area contributed by atoms with Crippen LogP contribution in [-0.2, 0) is 22.7 Å². The fourth-order valence-electron chi connectivity index (χ4n) is 5.29. The molecular weight excluding hydrogens is 552 g/mol. The number of hydrogen-bond acceptors (Lipinski definition) is 9. The van der Waals surface area contributed by atoms with Crippen LogP contribution in [0.5, 0.6) is 11.6 Å². The number of anilines is 1. The van der Waals surface area contributed by atoms with E-state index < -0.39 is 18.6 Å². The number of ether oxygens (including phenoxy) is 2. The third-order valence-corrected chi connectivity index (χ3v) is 7.21. The molecular formula is C28H25F2N7O5. The van der Waals surface area contributed by atoms with Gasteiger partial charge < -0.3 is 19.7 Å². The van der Waals surface area contributed by atoms with E-state index in [9.17, 15) is 23.2 Å². The van der Waals surface area contributed by atoms with Gasteiger partial charge >= 0.3 is 6.61 Å². The number of carbonyl (C=O) groups is 3. The van der Waals surface area contributed by atoms with Crippen LogP contribution in [0.2, 0.25) is 0 Å². The molecule has 1 N–H and O–H groups in total. The molecule has 2 aliphatic rings. The number of likely N-dealkylation sites (tertiary alicyclic amines) is 1. The first-order chi connectivity index (χ1) is 20.3. The summed E-state index contributed by atoms with van der Waals surface area (Å²) in [7, 11) is 0. The third kappa shape index (κ3) is 5.60. The molecule has 4 heterocycles. The monoisotopic (exact) mass is 577 g/mol. The summed E-state index contributed by atoms with van der Waals surface area (Å²) in [6.07, 6.45) is 4.49. The number of ketones is 1. The summed E-state index contributed by atoms with van der Waals surface area (Å²) in [5, 5.41) is 7.56. The van der Waals surface area contributed by atoms with Crippen LogP contribution in [0.1, 0.15) is 36.1 Å². The van der Waals surface area contributed by atoms with E-state index in [1.165, 1.54) is 29.8 Å². The smallest absolute Gasteiger partial charge is 0.388 e. The summed E-state index contributed by atoms with van der Waals surface area (Å²) < 4.78 is 36.7. The first-order valence-electron chi connectivity index (χ1n) is 13.2. The zero-order chi connectivity index (χ0) is 29.4. The van der Waals surface area contributed by atoms with Gasteiger partial charge in [0.25, 0.3) is 0 Å². The Balaban J connectivity index is 1.19. The van der Waals surface area contributed by atoms with Crippen LogP contribution < -0.4 is 14.8 Å². The van der Waals surface area contributed by atoms with Gasteiger partial charge in [-0.2, -0.15) is 18.9 Å². The average Bonchev–Trinajstić information content (AvgIpc) is 3.47. The molecule has 0 spiro atoms. The number of hydrogen-bond donors (Lipinski definition) is 1. The Labute approximate surface area is 237 Å². The van der Waals surface area contributed by atoms with E-state index in [0.29, 0.717) is 28.9 Å². The predicted octanol–water partition coefficient (Wildman–Crippen LogP) is 3.23. The number of amides is 2. The van der Waals surface area contributed by atoms with Crippen molar-refractivity contribution in [2.45, 2.75) is 51.6 Å². The highest BCUT2D eigenvalue weighted by Crippen LogP contribution is 2.48. The summed E-state index contributed by atoms with van der Waals surface area (Å²) in [5.74, 6) is -0.205. The molecule has 1 saturated carbocycles. The molecule has 12 nitrogen and oxygen atoms in total. The predicted molar refractivity (Wildman–Crippen MR) is 143 cm³/mol. The molecule has 2 amide bonds. The van der Waals surface area contributed by atoms with Crippen LogP contribution in [0.25, 0.3) is 10.9 Å². The Morgan fingerprint density at radius 3 is 2.67 bits per heavy atom. The van der Waals surface area contributed by atoms with Gasteiger partial charge in [-0.15, -0.1) is 0 Å². The maximum atomic E-state index is 13.6. The van der Waals surface area contributed by atoms with Gasteiger partial charge in [0.1, 0.15) is 36.5 Å². The summed E-state index contributed by atoms with van der Waals surface area (Å²) in [6.45, 7) is -1.72. The maximum Gasteiger partial charge on any atom is 0.388 e. The number of alkyl halides is 2. The van der Waals surface area contributed by atoms with Gasteiger partial charge in [0.15, 0.2) is 11.6 Å². The van der Waals surface area contributed by atoms with E-state index in [0.717, 1.165) is 6.42 Å². The van der Waals surface area contributed by atoms with Crippen LogP contribution >= 0.6 is 0 Å². The van der Waals surface area contributed by atoms with Crippen molar-refractivity contribution in [2.75, 3.05) is 5.32 Å². The minimum absolute atomic E-state index is 0.0344. The molecule has 1 aliphatic heterocycles. The molecule has 42 heavy (non-hydrogen) atoms. The van der Waals surface area contributed by atoms with Crippen molar-refractivity contribution in [1.82, 2.24) is 29.6 Å². The molecule has 4 aromatic rings. The Morgan fingerprint density at radius 1 is 1.10 bits per heavy atom. The topological polar surface area (TPSA) is 141 Å². The third-order valence-electron chi connectivity index (χ3n) is 7.21. The number of fused-ring (bicyclic) bond motifs is 2. The van der Waals surface area contributed by atoms with Crippen LogP contribution in [0, 0.1) is 5.92 Å². The first-order valence-corrected chi connectivity index (χ1v) is 13.2. The lowest BCUT2D eigenvalue weighted by molar-refractivity contribution is -0.138. The minimum atomic E-state index is -3.05. The van der Waals surface area contributed by atoms with Crippen LogP contribution in [0.15, 0.2) is 54.9 Å². The van der Waals surface area contributed by atoms with Crippen molar-refractivity contribution >= 4 is 34.3 Å². The molecule has 1 saturated heterocycles. The van der Waals surface area contributed by atoms with Crippen molar-refractivity contribution in [2.24, 2.45) is 5.92 Å². The molecule has 216 valence electrons. The second-order valence-electron chi connectivity index (χ2n) is 10.0. The van der Waals surface area contributed by atoms with Crippen LogP contribution in [0.3, 0.4) is 0 Å². The Bertz CT molecular complexity index is 1670. The molecule has 1 aliphatic carbocycles. The summed E-state index contributed by atoms with van der Waals surface area (Å²) in [6, 6.07) is 10.1. The van der Waals surface area contributed by atoms with Gasteiger partial charge in [-0.3, -0.25) is 19.1 Å². The number of nitrogens with one attached hydrogen (secondary N) is 1.